The van der Waals surface area contributed by atoms with Crippen LogP contribution in [0.15, 0.2) is 59.5 Å². The molecule has 0 spiro atoms. The largest absolute Gasteiger partial charge is 0.472 e. The molecule has 0 atom stereocenters. The zero-order valence-electron chi connectivity index (χ0n) is 20.0. The van der Waals surface area contributed by atoms with E-state index in [9.17, 15) is 9.59 Å². The number of piperidine rings is 1. The number of Topliss-reactive ketones (excluding diaryl/α,β-unsaturated/α-hetero) is 1. The van der Waals surface area contributed by atoms with Crippen molar-refractivity contribution < 1.29 is 18.7 Å². The summed E-state index contributed by atoms with van der Waals surface area (Å²) in [4.78, 5) is 32.3. The van der Waals surface area contributed by atoms with Gasteiger partial charge in [-0.3, -0.25) is 15.1 Å². The number of aromatic nitrogens is 1. The lowest BCUT2D eigenvalue weighted by Gasteiger charge is -2.28. The zero-order valence-corrected chi connectivity index (χ0v) is 20.0. The summed E-state index contributed by atoms with van der Waals surface area (Å²) in [6.45, 7) is 7.46. The molecule has 7 nitrogen and oxygen atoms in total. The highest BCUT2D eigenvalue weighted by molar-refractivity contribution is 5.98. The molecule has 0 radical (unpaired) electrons. The van der Waals surface area contributed by atoms with E-state index in [0.717, 1.165) is 29.9 Å². The lowest BCUT2D eigenvalue weighted by Crippen LogP contribution is -2.29. The first-order chi connectivity index (χ1) is 16.3. The number of nitrogens with zero attached hydrogens (tertiary/aromatic N) is 2. The predicted octanol–water partition coefficient (Wildman–Crippen LogP) is 6.10. The van der Waals surface area contributed by atoms with Crippen LogP contribution in [-0.2, 0) is 11.2 Å². The molecule has 0 bridgehead atoms. The molecule has 34 heavy (non-hydrogen) atoms. The fraction of sp³-hybridized carbons (Fsp3) is 0.370. The molecule has 0 aliphatic carbocycles. The van der Waals surface area contributed by atoms with Crippen molar-refractivity contribution >= 4 is 23.3 Å². The number of benzene rings is 1. The van der Waals surface area contributed by atoms with Crippen LogP contribution in [0.3, 0.4) is 0 Å². The molecule has 1 aliphatic rings. The van der Waals surface area contributed by atoms with Gasteiger partial charge in [-0.15, -0.1) is 0 Å². The number of furan rings is 1. The molecular weight excluding hydrogens is 430 g/mol. The Kier molecular flexibility index (Phi) is 7.01. The van der Waals surface area contributed by atoms with E-state index in [1.807, 2.05) is 24.3 Å². The molecular formula is C27H31N3O4. The van der Waals surface area contributed by atoms with E-state index in [4.69, 9.17) is 9.15 Å². The third kappa shape index (κ3) is 6.04. The summed E-state index contributed by atoms with van der Waals surface area (Å²) >= 11 is 0. The SMILES string of the molecule is CC(C)(C)OC(=O)Nc1ccc(-c2ccoc2)cc1CC(=O)c1ccc(N2CCCCC2)cn1. The van der Waals surface area contributed by atoms with E-state index >= 15 is 0 Å². The second-order valence-electron chi connectivity index (χ2n) is 9.56. The lowest BCUT2D eigenvalue weighted by atomic mass is 9.99. The summed E-state index contributed by atoms with van der Waals surface area (Å²) in [5, 5.41) is 2.78. The topological polar surface area (TPSA) is 84.7 Å². The van der Waals surface area contributed by atoms with Crippen molar-refractivity contribution in [3.05, 3.63) is 66.4 Å². The molecule has 7 heteroatoms. The van der Waals surface area contributed by atoms with Gasteiger partial charge in [0.1, 0.15) is 11.3 Å². The highest BCUT2D eigenvalue weighted by atomic mass is 16.6. The van der Waals surface area contributed by atoms with E-state index in [0.29, 0.717) is 16.9 Å². The number of hydrogen-bond acceptors (Lipinski definition) is 6. The highest BCUT2D eigenvalue weighted by Crippen LogP contribution is 2.28. The van der Waals surface area contributed by atoms with Gasteiger partial charge in [-0.2, -0.15) is 0 Å². The number of carbonyl (C=O) groups excluding carboxylic acids is 2. The minimum Gasteiger partial charge on any atom is -0.472 e. The van der Waals surface area contributed by atoms with E-state index in [2.05, 4.69) is 15.2 Å². The maximum Gasteiger partial charge on any atom is 0.412 e. The standard InChI is InChI=1S/C27H31N3O4/c1-27(2,3)34-26(32)29-23-9-7-19(20-11-14-33-18-20)15-21(23)16-25(31)24-10-8-22(17-28-24)30-12-5-4-6-13-30/h7-11,14-15,17-18H,4-6,12-13,16H2,1-3H3,(H,29,32). The molecule has 1 aliphatic heterocycles. The molecule has 0 saturated carbocycles. The van der Waals surface area contributed by atoms with Crippen molar-refractivity contribution in [3.63, 3.8) is 0 Å². The van der Waals surface area contributed by atoms with Crippen LogP contribution < -0.4 is 10.2 Å². The molecule has 1 N–H and O–H groups in total. The highest BCUT2D eigenvalue weighted by Gasteiger charge is 2.20. The number of carbonyl (C=O) groups is 2. The minimum atomic E-state index is -0.628. The number of anilines is 2. The molecule has 2 aromatic heterocycles. The van der Waals surface area contributed by atoms with E-state index in [-0.39, 0.29) is 12.2 Å². The number of hydrogen-bond donors (Lipinski definition) is 1. The molecule has 3 heterocycles. The average Bonchev–Trinajstić information content (AvgIpc) is 3.35. The van der Waals surface area contributed by atoms with Gasteiger partial charge in [0.05, 0.1) is 24.4 Å². The minimum absolute atomic E-state index is 0.0902. The van der Waals surface area contributed by atoms with Crippen LogP contribution in [-0.4, -0.2) is 35.6 Å². The van der Waals surface area contributed by atoms with Gasteiger partial charge in [0.15, 0.2) is 5.78 Å². The van der Waals surface area contributed by atoms with Crippen LogP contribution in [0, 0.1) is 0 Å². The van der Waals surface area contributed by atoms with Crippen LogP contribution in [0.5, 0.6) is 0 Å². The van der Waals surface area contributed by atoms with Gasteiger partial charge < -0.3 is 14.1 Å². The van der Waals surface area contributed by atoms with Crippen LogP contribution in [0.1, 0.15) is 56.1 Å². The fourth-order valence-electron chi connectivity index (χ4n) is 4.04. The molecule has 178 valence electrons. The summed E-state index contributed by atoms with van der Waals surface area (Å²) in [5.41, 5.74) is 3.80. The van der Waals surface area contributed by atoms with Crippen molar-refractivity contribution in [1.82, 2.24) is 4.98 Å². The Morgan fingerprint density at radius 2 is 1.85 bits per heavy atom. The van der Waals surface area contributed by atoms with Crippen molar-refractivity contribution in [2.75, 3.05) is 23.3 Å². The molecule has 1 saturated heterocycles. The van der Waals surface area contributed by atoms with E-state index < -0.39 is 11.7 Å². The van der Waals surface area contributed by atoms with Gasteiger partial charge in [-0.25, -0.2) is 4.79 Å². The normalized spacial score (nSPS) is 14.0. The Hall–Kier alpha value is -3.61. The van der Waals surface area contributed by atoms with Crippen LogP contribution in [0.25, 0.3) is 11.1 Å². The van der Waals surface area contributed by atoms with Crippen LogP contribution >= 0.6 is 0 Å². The van der Waals surface area contributed by atoms with Gasteiger partial charge in [-0.05, 0) is 81.5 Å². The fourth-order valence-corrected chi connectivity index (χ4v) is 4.04. The Balaban J connectivity index is 1.55. The number of nitrogens with one attached hydrogen (secondary N) is 1. The number of ether oxygens (including phenoxy) is 1. The Morgan fingerprint density at radius 3 is 2.50 bits per heavy atom. The van der Waals surface area contributed by atoms with Crippen LogP contribution in [0.4, 0.5) is 16.2 Å². The maximum atomic E-state index is 13.1. The second-order valence-corrected chi connectivity index (χ2v) is 9.56. The van der Waals surface area contributed by atoms with Gasteiger partial charge in [-0.1, -0.05) is 6.07 Å². The van der Waals surface area contributed by atoms with Crippen molar-refractivity contribution in [1.29, 1.82) is 0 Å². The number of amides is 1. The smallest absolute Gasteiger partial charge is 0.412 e. The third-order valence-electron chi connectivity index (χ3n) is 5.70. The Bertz CT molecular complexity index is 1130. The van der Waals surface area contributed by atoms with Crippen molar-refractivity contribution in [2.24, 2.45) is 0 Å². The first-order valence-corrected chi connectivity index (χ1v) is 11.7. The molecule has 4 rings (SSSR count). The lowest BCUT2D eigenvalue weighted by molar-refractivity contribution is 0.0635. The first-order valence-electron chi connectivity index (χ1n) is 11.7. The van der Waals surface area contributed by atoms with Gasteiger partial charge >= 0.3 is 6.09 Å². The average molecular weight is 462 g/mol. The maximum absolute atomic E-state index is 13.1. The Labute approximate surface area is 200 Å². The summed E-state index contributed by atoms with van der Waals surface area (Å²) in [6, 6.07) is 11.1. The Morgan fingerprint density at radius 1 is 1.06 bits per heavy atom. The predicted molar refractivity (Wildman–Crippen MR) is 132 cm³/mol. The number of rotatable bonds is 6. The quantitative estimate of drug-likeness (QED) is 0.446. The van der Waals surface area contributed by atoms with E-state index in [1.165, 1.54) is 19.3 Å². The van der Waals surface area contributed by atoms with Gasteiger partial charge in [0.2, 0.25) is 0 Å². The van der Waals surface area contributed by atoms with Gasteiger partial charge in [0.25, 0.3) is 0 Å². The van der Waals surface area contributed by atoms with Crippen molar-refractivity contribution in [2.45, 2.75) is 52.1 Å². The van der Waals surface area contributed by atoms with Crippen LogP contribution in [0.2, 0.25) is 0 Å². The summed E-state index contributed by atoms with van der Waals surface area (Å²) in [6.07, 6.45) is 8.16. The molecule has 1 amide bonds. The second kappa shape index (κ2) is 10.1. The van der Waals surface area contributed by atoms with E-state index in [1.54, 1.807) is 51.6 Å². The monoisotopic (exact) mass is 461 g/mol. The molecule has 1 fully saturated rings. The molecule has 0 unspecified atom stereocenters. The van der Waals surface area contributed by atoms with Crippen molar-refractivity contribution in [3.8, 4) is 11.1 Å². The summed E-state index contributed by atoms with van der Waals surface area (Å²) < 4.78 is 10.6. The summed E-state index contributed by atoms with van der Waals surface area (Å²) in [7, 11) is 0. The van der Waals surface area contributed by atoms with Gasteiger partial charge in [0, 0.05) is 30.8 Å². The molecule has 3 aromatic rings. The summed E-state index contributed by atoms with van der Waals surface area (Å²) in [5.74, 6) is -0.123. The third-order valence-corrected chi connectivity index (χ3v) is 5.70. The number of ketones is 1. The zero-order chi connectivity index (χ0) is 24.1. The number of pyridine rings is 1. The first kappa shape index (κ1) is 23.5. The molecule has 1 aromatic carbocycles.